The van der Waals surface area contributed by atoms with Gasteiger partial charge in [0.2, 0.25) is 6.79 Å². The van der Waals surface area contributed by atoms with Crippen LogP contribution in [0.3, 0.4) is 0 Å². The number of halogens is 1. The van der Waals surface area contributed by atoms with E-state index in [0.29, 0.717) is 6.79 Å². The first-order chi connectivity index (χ1) is 11.3. The Morgan fingerprint density at radius 1 is 1.04 bits per heavy atom. The number of ether oxygens (including phenoxy) is 3. The van der Waals surface area contributed by atoms with Crippen molar-refractivity contribution < 1.29 is 14.2 Å². The van der Waals surface area contributed by atoms with Gasteiger partial charge in [-0.2, -0.15) is 0 Å². The summed E-state index contributed by atoms with van der Waals surface area (Å²) < 4.78 is 17.4. The number of hydrogen-bond donors (Lipinski definition) is 1. The highest BCUT2D eigenvalue weighted by Gasteiger charge is 2.12. The maximum Gasteiger partial charge on any atom is 0.231 e. The van der Waals surface area contributed by atoms with Gasteiger partial charge in [0.25, 0.3) is 0 Å². The minimum atomic E-state index is 0.312. The van der Waals surface area contributed by atoms with Crippen LogP contribution >= 0.6 is 15.9 Å². The van der Waals surface area contributed by atoms with Crippen molar-refractivity contribution >= 4 is 15.9 Å². The summed E-state index contributed by atoms with van der Waals surface area (Å²) in [4.78, 5) is 0. The van der Waals surface area contributed by atoms with Crippen molar-refractivity contribution in [3.63, 3.8) is 0 Å². The van der Waals surface area contributed by atoms with E-state index in [9.17, 15) is 0 Å². The zero-order chi connectivity index (χ0) is 16.1. The Morgan fingerprint density at radius 3 is 2.57 bits per heavy atom. The fourth-order valence-corrected chi connectivity index (χ4v) is 2.93. The molecule has 0 saturated heterocycles. The van der Waals surface area contributed by atoms with Crippen LogP contribution in [0.15, 0.2) is 40.9 Å². The molecule has 1 aliphatic rings. The third-order valence-corrected chi connectivity index (χ3v) is 4.17. The Balaban J connectivity index is 1.53. The average molecular weight is 378 g/mol. The van der Waals surface area contributed by atoms with Gasteiger partial charge in [-0.1, -0.05) is 19.1 Å². The number of hydrogen-bond acceptors (Lipinski definition) is 4. The topological polar surface area (TPSA) is 39.7 Å². The van der Waals surface area contributed by atoms with E-state index in [4.69, 9.17) is 14.2 Å². The first kappa shape index (κ1) is 16.1. The van der Waals surface area contributed by atoms with Gasteiger partial charge in [-0.15, -0.1) is 0 Å². The lowest BCUT2D eigenvalue weighted by Crippen LogP contribution is -2.12. The molecular weight excluding hydrogens is 358 g/mol. The summed E-state index contributed by atoms with van der Waals surface area (Å²) in [5.41, 5.74) is 2.39. The SMILES string of the molecule is CCCOc1ccc(CNCc2ccc3c(c2)OCO3)cc1Br. The summed E-state index contributed by atoms with van der Waals surface area (Å²) in [5.74, 6) is 2.54. The zero-order valence-corrected chi connectivity index (χ0v) is 14.7. The van der Waals surface area contributed by atoms with Crippen LogP contribution in [0.2, 0.25) is 0 Å². The predicted octanol–water partition coefficient (Wildman–Crippen LogP) is 4.26. The molecule has 0 amide bonds. The molecule has 4 nitrogen and oxygen atoms in total. The lowest BCUT2D eigenvalue weighted by molar-refractivity contribution is 0.174. The normalized spacial score (nSPS) is 12.4. The van der Waals surface area contributed by atoms with Crippen LogP contribution in [0, 0.1) is 0 Å². The molecule has 122 valence electrons. The molecule has 1 N–H and O–H groups in total. The third kappa shape index (κ3) is 4.18. The molecule has 0 bridgehead atoms. The second-order valence-electron chi connectivity index (χ2n) is 5.40. The van der Waals surface area contributed by atoms with Gasteiger partial charge in [-0.25, -0.2) is 0 Å². The molecule has 5 heteroatoms. The number of nitrogens with one attached hydrogen (secondary N) is 1. The first-order valence-electron chi connectivity index (χ1n) is 7.76. The maximum absolute atomic E-state index is 5.66. The summed E-state index contributed by atoms with van der Waals surface area (Å²) in [6.45, 7) is 4.72. The molecule has 0 atom stereocenters. The van der Waals surface area contributed by atoms with Crippen molar-refractivity contribution in [1.82, 2.24) is 5.32 Å². The van der Waals surface area contributed by atoms with Crippen molar-refractivity contribution in [3.05, 3.63) is 52.0 Å². The van der Waals surface area contributed by atoms with Crippen molar-refractivity contribution in [1.29, 1.82) is 0 Å². The number of benzene rings is 2. The average Bonchev–Trinajstić information content (AvgIpc) is 3.02. The molecule has 0 unspecified atom stereocenters. The summed E-state index contributed by atoms with van der Waals surface area (Å²) >= 11 is 3.56. The van der Waals surface area contributed by atoms with Crippen molar-refractivity contribution in [2.75, 3.05) is 13.4 Å². The molecule has 1 aliphatic heterocycles. The van der Waals surface area contributed by atoms with E-state index in [2.05, 4.69) is 46.4 Å². The molecule has 2 aromatic carbocycles. The van der Waals surface area contributed by atoms with Crippen LogP contribution in [-0.4, -0.2) is 13.4 Å². The second-order valence-corrected chi connectivity index (χ2v) is 6.26. The van der Waals surface area contributed by atoms with Gasteiger partial charge in [-0.3, -0.25) is 0 Å². The van der Waals surface area contributed by atoms with Crippen LogP contribution in [0.25, 0.3) is 0 Å². The number of rotatable bonds is 7. The van der Waals surface area contributed by atoms with Gasteiger partial charge in [0.15, 0.2) is 11.5 Å². The molecule has 0 aliphatic carbocycles. The first-order valence-corrected chi connectivity index (χ1v) is 8.56. The number of fused-ring (bicyclic) bond motifs is 1. The van der Waals surface area contributed by atoms with Gasteiger partial charge in [0.1, 0.15) is 5.75 Å². The predicted molar refractivity (Wildman–Crippen MR) is 93.0 cm³/mol. The Bertz CT molecular complexity index is 675. The molecule has 0 aromatic heterocycles. The van der Waals surface area contributed by atoms with Gasteiger partial charge in [0, 0.05) is 13.1 Å². The van der Waals surface area contributed by atoms with E-state index in [0.717, 1.165) is 47.8 Å². The molecule has 0 fully saturated rings. The van der Waals surface area contributed by atoms with E-state index in [1.165, 1.54) is 11.1 Å². The molecule has 0 spiro atoms. The summed E-state index contributed by atoms with van der Waals surface area (Å²) in [6, 6.07) is 12.2. The van der Waals surface area contributed by atoms with Gasteiger partial charge in [-0.05, 0) is 57.7 Å². The van der Waals surface area contributed by atoms with E-state index in [1.54, 1.807) is 0 Å². The summed E-state index contributed by atoms with van der Waals surface area (Å²) in [6.07, 6.45) is 1.01. The van der Waals surface area contributed by atoms with E-state index >= 15 is 0 Å². The van der Waals surface area contributed by atoms with Gasteiger partial charge in [0.05, 0.1) is 11.1 Å². The molecule has 23 heavy (non-hydrogen) atoms. The Kier molecular flexibility index (Phi) is 5.41. The van der Waals surface area contributed by atoms with Crippen LogP contribution in [0.5, 0.6) is 17.2 Å². The largest absolute Gasteiger partial charge is 0.492 e. The standard InChI is InChI=1S/C18H20BrNO3/c1-2-7-21-16-5-3-13(8-15(16)19)10-20-11-14-4-6-17-18(9-14)23-12-22-17/h3-6,8-9,20H,2,7,10-12H2,1H3. The van der Waals surface area contributed by atoms with Crippen molar-refractivity contribution in [2.24, 2.45) is 0 Å². The summed E-state index contributed by atoms with van der Waals surface area (Å²) in [5, 5.41) is 3.44. The summed E-state index contributed by atoms with van der Waals surface area (Å²) in [7, 11) is 0. The van der Waals surface area contributed by atoms with Crippen LogP contribution in [0.4, 0.5) is 0 Å². The molecule has 0 saturated carbocycles. The second kappa shape index (κ2) is 7.70. The van der Waals surface area contributed by atoms with Crippen LogP contribution < -0.4 is 19.5 Å². The highest BCUT2D eigenvalue weighted by atomic mass is 79.9. The quantitative estimate of drug-likeness (QED) is 0.782. The van der Waals surface area contributed by atoms with E-state index in [-0.39, 0.29) is 0 Å². The van der Waals surface area contributed by atoms with E-state index in [1.807, 2.05) is 18.2 Å². The van der Waals surface area contributed by atoms with Gasteiger partial charge >= 0.3 is 0 Å². The Hall–Kier alpha value is -1.72. The highest BCUT2D eigenvalue weighted by molar-refractivity contribution is 9.10. The minimum absolute atomic E-state index is 0.312. The fourth-order valence-electron chi connectivity index (χ4n) is 2.39. The fraction of sp³-hybridized carbons (Fsp3) is 0.333. The molecule has 1 heterocycles. The van der Waals surface area contributed by atoms with Crippen molar-refractivity contribution in [2.45, 2.75) is 26.4 Å². The maximum atomic E-state index is 5.66. The Labute approximate surface area is 144 Å². The molecule has 0 radical (unpaired) electrons. The monoisotopic (exact) mass is 377 g/mol. The van der Waals surface area contributed by atoms with E-state index < -0.39 is 0 Å². The van der Waals surface area contributed by atoms with Crippen molar-refractivity contribution in [3.8, 4) is 17.2 Å². The molecular formula is C18H20BrNO3. The zero-order valence-electron chi connectivity index (χ0n) is 13.1. The van der Waals surface area contributed by atoms with Crippen LogP contribution in [-0.2, 0) is 13.1 Å². The molecule has 3 rings (SSSR count). The van der Waals surface area contributed by atoms with Gasteiger partial charge < -0.3 is 19.5 Å². The molecule has 2 aromatic rings. The minimum Gasteiger partial charge on any atom is -0.492 e. The third-order valence-electron chi connectivity index (χ3n) is 3.55. The Morgan fingerprint density at radius 2 is 1.78 bits per heavy atom. The van der Waals surface area contributed by atoms with Crippen LogP contribution in [0.1, 0.15) is 24.5 Å². The lowest BCUT2D eigenvalue weighted by atomic mass is 10.2. The smallest absolute Gasteiger partial charge is 0.231 e. The lowest BCUT2D eigenvalue weighted by Gasteiger charge is -2.10. The highest BCUT2D eigenvalue weighted by Crippen LogP contribution is 2.32.